The van der Waals surface area contributed by atoms with Crippen LogP contribution in [-0.4, -0.2) is 6.54 Å². The molecule has 0 aliphatic carbocycles. The monoisotopic (exact) mass is 265 g/mol. The Hall–Kier alpha value is -0.930. The molecule has 0 saturated carbocycles. The Morgan fingerprint density at radius 3 is 2.78 bits per heavy atom. The largest absolute Gasteiger partial charge is 0.309 e. The van der Waals surface area contributed by atoms with Gasteiger partial charge in [0.15, 0.2) is 0 Å². The molecule has 0 bridgehead atoms. The van der Waals surface area contributed by atoms with Crippen molar-refractivity contribution in [2.24, 2.45) is 0 Å². The number of thiophene rings is 1. The summed E-state index contributed by atoms with van der Waals surface area (Å²) < 4.78 is 14.4. The molecule has 1 atom stereocenters. The minimum atomic E-state index is -0.152. The SMILES string of the molecule is CCCNC(CCC)c1cc2cc(F)ccc2s1. The number of hydrogen-bond acceptors (Lipinski definition) is 2. The number of nitrogens with one attached hydrogen (secondary N) is 1. The van der Waals surface area contributed by atoms with E-state index in [1.165, 1.54) is 15.6 Å². The molecule has 2 aromatic rings. The molecule has 1 N–H and O–H groups in total. The number of halogens is 1. The second kappa shape index (κ2) is 6.30. The van der Waals surface area contributed by atoms with Gasteiger partial charge in [0.05, 0.1) is 0 Å². The van der Waals surface area contributed by atoms with E-state index in [0.29, 0.717) is 6.04 Å². The van der Waals surface area contributed by atoms with Gasteiger partial charge in [0, 0.05) is 15.6 Å². The second-order valence-corrected chi connectivity index (χ2v) is 5.74. The summed E-state index contributed by atoms with van der Waals surface area (Å²) in [6.07, 6.45) is 3.43. The molecule has 1 aromatic carbocycles. The summed E-state index contributed by atoms with van der Waals surface area (Å²) in [5.74, 6) is -0.152. The van der Waals surface area contributed by atoms with E-state index in [0.717, 1.165) is 31.2 Å². The van der Waals surface area contributed by atoms with Crippen LogP contribution in [0.1, 0.15) is 44.0 Å². The maximum Gasteiger partial charge on any atom is 0.123 e. The van der Waals surface area contributed by atoms with E-state index < -0.39 is 0 Å². The summed E-state index contributed by atoms with van der Waals surface area (Å²) in [6, 6.07) is 7.58. The highest BCUT2D eigenvalue weighted by atomic mass is 32.1. The fraction of sp³-hybridized carbons (Fsp3) is 0.467. The van der Waals surface area contributed by atoms with Crippen molar-refractivity contribution in [1.29, 1.82) is 0 Å². The molecule has 3 heteroatoms. The molecule has 98 valence electrons. The molecular formula is C15H20FNS. The predicted molar refractivity (Wildman–Crippen MR) is 77.7 cm³/mol. The first kappa shape index (κ1) is 13.5. The molecule has 0 radical (unpaired) electrons. The molecule has 0 aliphatic heterocycles. The topological polar surface area (TPSA) is 12.0 Å². The highest BCUT2D eigenvalue weighted by molar-refractivity contribution is 7.19. The lowest BCUT2D eigenvalue weighted by molar-refractivity contribution is 0.501. The van der Waals surface area contributed by atoms with E-state index in [-0.39, 0.29) is 5.82 Å². The summed E-state index contributed by atoms with van der Waals surface area (Å²) in [6.45, 7) is 5.41. The molecule has 1 unspecified atom stereocenters. The Bertz CT molecular complexity index is 506. The van der Waals surface area contributed by atoms with Gasteiger partial charge in [-0.25, -0.2) is 4.39 Å². The van der Waals surface area contributed by atoms with Crippen molar-refractivity contribution < 1.29 is 4.39 Å². The zero-order chi connectivity index (χ0) is 13.0. The highest BCUT2D eigenvalue weighted by Crippen LogP contribution is 2.32. The van der Waals surface area contributed by atoms with Gasteiger partial charge >= 0.3 is 0 Å². The smallest absolute Gasteiger partial charge is 0.123 e. The normalized spacial score (nSPS) is 13.1. The van der Waals surface area contributed by atoms with Crippen molar-refractivity contribution in [1.82, 2.24) is 5.32 Å². The van der Waals surface area contributed by atoms with Crippen LogP contribution in [0.25, 0.3) is 10.1 Å². The van der Waals surface area contributed by atoms with Gasteiger partial charge in [-0.3, -0.25) is 0 Å². The van der Waals surface area contributed by atoms with Crippen LogP contribution in [0.4, 0.5) is 4.39 Å². The number of benzene rings is 1. The third-order valence-corrected chi connectivity index (χ3v) is 4.29. The second-order valence-electron chi connectivity index (χ2n) is 4.63. The Balaban J connectivity index is 2.26. The summed E-state index contributed by atoms with van der Waals surface area (Å²) in [5.41, 5.74) is 0. The fourth-order valence-corrected chi connectivity index (χ4v) is 3.31. The molecular weight excluding hydrogens is 245 g/mol. The number of hydrogen-bond donors (Lipinski definition) is 1. The molecule has 1 heterocycles. The van der Waals surface area contributed by atoms with Crippen LogP contribution in [0.15, 0.2) is 24.3 Å². The first-order valence-corrected chi connectivity index (χ1v) is 7.48. The summed E-state index contributed by atoms with van der Waals surface area (Å²) >= 11 is 1.78. The highest BCUT2D eigenvalue weighted by Gasteiger charge is 2.13. The van der Waals surface area contributed by atoms with Crippen molar-refractivity contribution in [2.75, 3.05) is 6.54 Å². The van der Waals surface area contributed by atoms with E-state index in [4.69, 9.17) is 0 Å². The van der Waals surface area contributed by atoms with Crippen molar-refractivity contribution in [2.45, 2.75) is 39.2 Å². The lowest BCUT2D eigenvalue weighted by Gasteiger charge is -2.15. The molecule has 0 saturated heterocycles. The molecule has 0 amide bonds. The van der Waals surface area contributed by atoms with Crippen LogP contribution in [0.2, 0.25) is 0 Å². The number of rotatable bonds is 6. The van der Waals surface area contributed by atoms with Crippen LogP contribution in [0, 0.1) is 5.82 Å². The molecule has 18 heavy (non-hydrogen) atoms. The van der Waals surface area contributed by atoms with Crippen molar-refractivity contribution >= 4 is 21.4 Å². The van der Waals surface area contributed by atoms with Gasteiger partial charge in [-0.05, 0) is 49.0 Å². The first-order valence-electron chi connectivity index (χ1n) is 6.67. The summed E-state index contributed by atoms with van der Waals surface area (Å²) in [7, 11) is 0. The molecule has 2 rings (SSSR count). The molecule has 0 fully saturated rings. The quantitative estimate of drug-likeness (QED) is 0.784. The molecule has 1 aromatic heterocycles. The summed E-state index contributed by atoms with van der Waals surface area (Å²) in [4.78, 5) is 1.32. The van der Waals surface area contributed by atoms with Gasteiger partial charge in [-0.2, -0.15) is 0 Å². The third kappa shape index (κ3) is 3.09. The van der Waals surface area contributed by atoms with Crippen LogP contribution in [0.5, 0.6) is 0 Å². The van der Waals surface area contributed by atoms with Crippen molar-refractivity contribution in [3.63, 3.8) is 0 Å². The average Bonchev–Trinajstić information content (AvgIpc) is 2.77. The Morgan fingerprint density at radius 2 is 2.06 bits per heavy atom. The van der Waals surface area contributed by atoms with E-state index in [1.807, 2.05) is 6.07 Å². The summed E-state index contributed by atoms with van der Waals surface area (Å²) in [5, 5.41) is 4.60. The molecule has 1 nitrogen and oxygen atoms in total. The first-order chi connectivity index (χ1) is 8.74. The van der Waals surface area contributed by atoms with E-state index in [9.17, 15) is 4.39 Å². The minimum Gasteiger partial charge on any atom is -0.309 e. The zero-order valence-corrected chi connectivity index (χ0v) is 11.8. The minimum absolute atomic E-state index is 0.152. The van der Waals surface area contributed by atoms with Crippen LogP contribution in [-0.2, 0) is 0 Å². The Kier molecular flexibility index (Phi) is 4.72. The van der Waals surface area contributed by atoms with Crippen molar-refractivity contribution in [3.05, 3.63) is 35.0 Å². The lowest BCUT2D eigenvalue weighted by atomic mass is 10.1. The van der Waals surface area contributed by atoms with Gasteiger partial charge in [-0.15, -0.1) is 11.3 Å². The third-order valence-electron chi connectivity index (χ3n) is 3.06. The molecule has 0 aliphatic rings. The van der Waals surface area contributed by atoms with E-state index in [2.05, 4.69) is 25.2 Å². The van der Waals surface area contributed by atoms with Gasteiger partial charge < -0.3 is 5.32 Å². The van der Waals surface area contributed by atoms with Gasteiger partial charge in [-0.1, -0.05) is 20.3 Å². The average molecular weight is 265 g/mol. The Morgan fingerprint density at radius 1 is 1.22 bits per heavy atom. The maximum atomic E-state index is 13.2. The lowest BCUT2D eigenvalue weighted by Crippen LogP contribution is -2.21. The van der Waals surface area contributed by atoms with Gasteiger partial charge in [0.25, 0.3) is 0 Å². The number of fused-ring (bicyclic) bond motifs is 1. The van der Waals surface area contributed by atoms with Crippen LogP contribution >= 0.6 is 11.3 Å². The van der Waals surface area contributed by atoms with Gasteiger partial charge in [0.2, 0.25) is 0 Å². The van der Waals surface area contributed by atoms with E-state index >= 15 is 0 Å². The van der Waals surface area contributed by atoms with Crippen LogP contribution in [0.3, 0.4) is 0 Å². The van der Waals surface area contributed by atoms with E-state index in [1.54, 1.807) is 17.4 Å². The zero-order valence-electron chi connectivity index (χ0n) is 11.0. The molecule has 0 spiro atoms. The standard InChI is InChI=1S/C15H20FNS/c1-3-5-13(17-8-4-2)15-10-11-9-12(16)6-7-14(11)18-15/h6-7,9-10,13,17H,3-5,8H2,1-2H3. The predicted octanol–water partition coefficient (Wildman–Crippen LogP) is 4.88. The van der Waals surface area contributed by atoms with Gasteiger partial charge in [0.1, 0.15) is 5.82 Å². The van der Waals surface area contributed by atoms with Crippen molar-refractivity contribution in [3.8, 4) is 0 Å². The van der Waals surface area contributed by atoms with Crippen LogP contribution < -0.4 is 5.32 Å². The maximum absolute atomic E-state index is 13.2. The fourth-order valence-electron chi connectivity index (χ4n) is 2.16. The Labute approximate surface area is 112 Å².